The zero-order chi connectivity index (χ0) is 16.9. The minimum atomic E-state index is -4.27. The highest BCUT2D eigenvalue weighted by molar-refractivity contribution is 7.52. The number of hydrogen-bond acceptors (Lipinski definition) is 2. The van der Waals surface area contributed by atoms with Gasteiger partial charge in [-0.25, -0.2) is 0 Å². The van der Waals surface area contributed by atoms with E-state index in [9.17, 15) is 14.4 Å². The minimum absolute atomic E-state index is 0.510. The molecule has 2 rings (SSSR count). The molecule has 124 valence electrons. The van der Waals surface area contributed by atoms with E-state index in [0.717, 1.165) is 18.4 Å². The van der Waals surface area contributed by atoms with E-state index >= 15 is 0 Å². The van der Waals surface area contributed by atoms with Crippen LogP contribution in [0, 0.1) is 6.92 Å². The van der Waals surface area contributed by atoms with Crippen molar-refractivity contribution in [2.45, 2.75) is 32.5 Å². The third-order valence-electron chi connectivity index (χ3n) is 4.03. The number of nitrogens with one attached hydrogen (secondary N) is 1. The van der Waals surface area contributed by atoms with Crippen LogP contribution in [0.15, 0.2) is 48.5 Å². The van der Waals surface area contributed by atoms with Crippen LogP contribution in [0.1, 0.15) is 35.0 Å². The van der Waals surface area contributed by atoms with Gasteiger partial charge < -0.3 is 9.79 Å². The first-order chi connectivity index (χ1) is 10.9. The fourth-order valence-corrected chi connectivity index (χ4v) is 3.53. The van der Waals surface area contributed by atoms with Gasteiger partial charge in [-0.2, -0.15) is 0 Å². The number of hydrogen-bond donors (Lipinski definition) is 3. The zero-order valence-corrected chi connectivity index (χ0v) is 14.5. The summed E-state index contributed by atoms with van der Waals surface area (Å²) in [5.41, 5.74) is 4.15. The molecule has 0 aromatic heterocycles. The fourth-order valence-electron chi connectivity index (χ4n) is 2.60. The Balaban J connectivity index is 2.07. The van der Waals surface area contributed by atoms with Crippen molar-refractivity contribution >= 4 is 7.60 Å². The summed E-state index contributed by atoms with van der Waals surface area (Å²) in [7, 11) is -4.27. The topological polar surface area (TPSA) is 69.6 Å². The molecule has 0 unspecified atom stereocenters. The largest absolute Gasteiger partial charge is 0.346 e. The van der Waals surface area contributed by atoms with Gasteiger partial charge in [-0.05, 0) is 42.0 Å². The molecular weight excluding hydrogens is 309 g/mol. The maximum absolute atomic E-state index is 11.8. The van der Waals surface area contributed by atoms with Crippen LogP contribution in [0.2, 0.25) is 0 Å². The molecule has 0 saturated heterocycles. The van der Waals surface area contributed by atoms with Gasteiger partial charge in [0.1, 0.15) is 5.78 Å². The lowest BCUT2D eigenvalue weighted by molar-refractivity contribution is 0.348. The molecule has 0 saturated carbocycles. The first-order valence-corrected chi connectivity index (χ1v) is 9.52. The quantitative estimate of drug-likeness (QED) is 0.678. The predicted octanol–water partition coefficient (Wildman–Crippen LogP) is 3.57. The summed E-state index contributed by atoms with van der Waals surface area (Å²) in [6.45, 7) is 4.60. The number of benzene rings is 2. The van der Waals surface area contributed by atoms with Crippen LogP contribution in [0.3, 0.4) is 0 Å². The molecule has 3 N–H and O–H groups in total. The number of rotatable bonds is 7. The van der Waals surface area contributed by atoms with Crippen LogP contribution in [0.25, 0.3) is 0 Å². The molecule has 0 aliphatic heterocycles. The zero-order valence-electron chi connectivity index (χ0n) is 13.6. The second-order valence-electron chi connectivity index (χ2n) is 5.72. The van der Waals surface area contributed by atoms with Crippen molar-refractivity contribution in [2.75, 3.05) is 6.54 Å². The summed E-state index contributed by atoms with van der Waals surface area (Å²) < 4.78 is 11.8. The van der Waals surface area contributed by atoms with Gasteiger partial charge in [-0.3, -0.25) is 9.88 Å². The van der Waals surface area contributed by atoms with E-state index in [4.69, 9.17) is 0 Å². The van der Waals surface area contributed by atoms with Crippen LogP contribution < -0.4 is 5.32 Å². The highest BCUT2D eigenvalue weighted by Gasteiger charge is 2.29. The smallest absolute Gasteiger partial charge is 0.323 e. The molecule has 0 spiro atoms. The van der Waals surface area contributed by atoms with E-state index in [1.165, 1.54) is 11.1 Å². The normalized spacial score (nSPS) is 13.0. The lowest BCUT2D eigenvalue weighted by atomic mass is 10.1. The summed E-state index contributed by atoms with van der Waals surface area (Å²) in [4.78, 5) is 19.3. The van der Waals surface area contributed by atoms with Crippen molar-refractivity contribution < 1.29 is 14.4 Å². The van der Waals surface area contributed by atoms with Gasteiger partial charge >= 0.3 is 7.60 Å². The molecule has 1 atom stereocenters. The maximum Gasteiger partial charge on any atom is 0.346 e. The monoisotopic (exact) mass is 333 g/mol. The molecular formula is C18H24NO3P. The molecule has 4 nitrogen and oxygen atoms in total. The Morgan fingerprint density at radius 1 is 1.09 bits per heavy atom. The average molecular weight is 333 g/mol. The first kappa shape index (κ1) is 17.9. The van der Waals surface area contributed by atoms with E-state index in [-0.39, 0.29) is 0 Å². The van der Waals surface area contributed by atoms with Crippen molar-refractivity contribution in [3.63, 3.8) is 0 Å². The highest BCUT2D eigenvalue weighted by Crippen LogP contribution is 2.49. The third-order valence-corrected chi connectivity index (χ3v) is 5.19. The summed E-state index contributed by atoms with van der Waals surface area (Å²) >= 11 is 0. The Morgan fingerprint density at radius 3 is 2.30 bits per heavy atom. The van der Waals surface area contributed by atoms with Crippen molar-refractivity contribution in [3.05, 3.63) is 70.8 Å². The van der Waals surface area contributed by atoms with Gasteiger partial charge in [0.2, 0.25) is 0 Å². The Morgan fingerprint density at radius 2 is 1.74 bits per heavy atom. The summed E-state index contributed by atoms with van der Waals surface area (Å²) in [6.07, 6.45) is 1.64. The lowest BCUT2D eigenvalue weighted by Crippen LogP contribution is -2.24. The Labute approximate surface area is 137 Å². The maximum atomic E-state index is 11.8. The van der Waals surface area contributed by atoms with Gasteiger partial charge in [-0.15, -0.1) is 0 Å². The second-order valence-corrected chi connectivity index (χ2v) is 7.41. The number of aryl methyl sites for hydroxylation is 2. The van der Waals surface area contributed by atoms with Crippen molar-refractivity contribution in [1.29, 1.82) is 0 Å². The molecule has 2 aromatic carbocycles. The van der Waals surface area contributed by atoms with Gasteiger partial charge in [0.15, 0.2) is 0 Å². The Bertz CT molecular complexity index is 679. The first-order valence-electron chi connectivity index (χ1n) is 7.83. The minimum Gasteiger partial charge on any atom is -0.323 e. The third kappa shape index (κ3) is 5.02. The molecule has 0 amide bonds. The molecule has 5 heteroatoms. The molecule has 23 heavy (non-hydrogen) atoms. The summed E-state index contributed by atoms with van der Waals surface area (Å²) in [6, 6.07) is 15.5. The van der Waals surface area contributed by atoms with Crippen molar-refractivity contribution in [2.24, 2.45) is 0 Å². The molecule has 2 aromatic rings. The predicted molar refractivity (Wildman–Crippen MR) is 93.5 cm³/mol. The molecule has 0 radical (unpaired) electrons. The van der Waals surface area contributed by atoms with E-state index < -0.39 is 13.4 Å². The van der Waals surface area contributed by atoms with E-state index in [2.05, 4.69) is 12.2 Å². The second kappa shape index (κ2) is 7.89. The van der Waals surface area contributed by atoms with E-state index in [1.807, 2.05) is 43.3 Å². The highest BCUT2D eigenvalue weighted by atomic mass is 31.2. The van der Waals surface area contributed by atoms with E-state index in [1.54, 1.807) is 12.1 Å². The summed E-state index contributed by atoms with van der Waals surface area (Å²) in [5.74, 6) is -0.961. The van der Waals surface area contributed by atoms with Gasteiger partial charge in [0.25, 0.3) is 0 Å². The van der Waals surface area contributed by atoms with Crippen LogP contribution in [-0.2, 0) is 17.4 Å². The van der Waals surface area contributed by atoms with Gasteiger partial charge in [0.05, 0.1) is 0 Å². The van der Waals surface area contributed by atoms with Crippen LogP contribution in [-0.4, -0.2) is 16.3 Å². The molecule has 0 fully saturated rings. The van der Waals surface area contributed by atoms with Crippen molar-refractivity contribution in [3.8, 4) is 0 Å². The Kier molecular flexibility index (Phi) is 6.14. The Hall–Kier alpha value is -1.45. The van der Waals surface area contributed by atoms with Crippen molar-refractivity contribution in [1.82, 2.24) is 5.32 Å². The molecule has 0 aliphatic carbocycles. The molecule has 0 bridgehead atoms. The van der Waals surface area contributed by atoms with Gasteiger partial charge in [-0.1, -0.05) is 55.5 Å². The molecule has 0 heterocycles. The standard InChI is InChI=1S/C18H24NO3P/c1-3-15-8-10-17(11-9-15)18(23(20,21)22)19-13-12-16-7-5-4-6-14(16)2/h4-11,18-19H,3,12-13H2,1-2H3,(H2,20,21,22)/t18-/m1/s1. The van der Waals surface area contributed by atoms with Crippen LogP contribution in [0.5, 0.6) is 0 Å². The molecule has 0 aliphatic rings. The van der Waals surface area contributed by atoms with Crippen LogP contribution >= 0.6 is 7.60 Å². The average Bonchev–Trinajstić information content (AvgIpc) is 2.52. The lowest BCUT2D eigenvalue weighted by Gasteiger charge is -2.21. The van der Waals surface area contributed by atoms with Crippen LogP contribution in [0.4, 0.5) is 0 Å². The summed E-state index contributed by atoms with van der Waals surface area (Å²) in [5, 5.41) is 3.03. The SMILES string of the molecule is CCc1ccc([C@H](NCCc2ccccc2C)P(=O)(O)O)cc1. The fraction of sp³-hybridized carbons (Fsp3) is 0.333. The van der Waals surface area contributed by atoms with E-state index in [0.29, 0.717) is 12.1 Å². The van der Waals surface area contributed by atoms with Gasteiger partial charge in [0, 0.05) is 6.54 Å².